The minimum atomic E-state index is -1.01. The number of epoxide rings is 1. The summed E-state index contributed by atoms with van der Waals surface area (Å²) in [6, 6.07) is 15.4. The smallest absolute Gasteiger partial charge is 0.243 e. The molecule has 5 rings (SSSR count). The number of nitrogens with one attached hydrogen (secondary N) is 3. The van der Waals surface area contributed by atoms with Gasteiger partial charge in [0, 0.05) is 19.5 Å². The number of ether oxygens (including phenoxy) is 3. The number of carbonyl (C=O) groups is 4. The van der Waals surface area contributed by atoms with Crippen LogP contribution in [0.5, 0.6) is 5.75 Å². The first kappa shape index (κ1) is 43.4. The SMILES string of the molecule is COc1ccc(C[C@H](NC(=O)[C@H](C)NC(=O)CN2CCOCC2)C(=O)N[C@@H](Cc2ccccc2)C(=O)[C@@]2(C)CO2)cc1.N#CSc1cc(SC#N)c(N)nc1N. The van der Waals surface area contributed by atoms with Crippen molar-refractivity contribution in [1.29, 1.82) is 10.5 Å². The Labute approximate surface area is 334 Å². The molecule has 2 aromatic carbocycles. The molecule has 4 atom stereocenters. The van der Waals surface area contributed by atoms with E-state index in [-0.39, 0.29) is 42.7 Å². The number of nitrogen functional groups attached to an aromatic ring is 2. The van der Waals surface area contributed by atoms with E-state index in [1.165, 1.54) is 0 Å². The van der Waals surface area contributed by atoms with E-state index in [0.717, 1.165) is 34.7 Å². The summed E-state index contributed by atoms with van der Waals surface area (Å²) in [5.74, 6) is -0.467. The number of aromatic nitrogens is 1. The normalized spacial score (nSPS) is 17.6. The van der Waals surface area contributed by atoms with E-state index < -0.39 is 35.5 Å². The second-order valence-electron chi connectivity index (χ2n) is 13.1. The molecule has 0 spiro atoms. The van der Waals surface area contributed by atoms with Gasteiger partial charge in [0.05, 0.1) is 49.3 Å². The number of hydrogen-bond donors (Lipinski definition) is 5. The Bertz CT molecular complexity index is 1880. The van der Waals surface area contributed by atoms with Crippen molar-refractivity contribution < 1.29 is 33.4 Å². The fourth-order valence-electron chi connectivity index (χ4n) is 5.54. The second kappa shape index (κ2) is 21.1. The van der Waals surface area contributed by atoms with Crippen molar-refractivity contribution >= 4 is 58.7 Å². The second-order valence-corrected chi connectivity index (χ2v) is 14.7. The molecule has 16 nitrogen and oxygen atoms in total. The Balaban J connectivity index is 0.000000419. The van der Waals surface area contributed by atoms with Crippen LogP contribution in [0.3, 0.4) is 0 Å². The quantitative estimate of drug-likeness (QED) is 0.0790. The maximum Gasteiger partial charge on any atom is 0.243 e. The maximum atomic E-state index is 13.7. The Hall–Kier alpha value is -5.37. The molecule has 2 saturated heterocycles. The van der Waals surface area contributed by atoms with Crippen LogP contribution in [-0.4, -0.2) is 104 Å². The molecule has 296 valence electrons. The van der Waals surface area contributed by atoms with Gasteiger partial charge in [-0.2, -0.15) is 10.5 Å². The lowest BCUT2D eigenvalue weighted by molar-refractivity contribution is -0.134. The Morgan fingerprint density at radius 1 is 0.893 bits per heavy atom. The maximum absolute atomic E-state index is 13.7. The summed E-state index contributed by atoms with van der Waals surface area (Å²) in [4.78, 5) is 59.6. The molecule has 2 fully saturated rings. The number of nitrogens with two attached hydrogens (primary N) is 2. The van der Waals surface area contributed by atoms with E-state index in [0.29, 0.717) is 48.5 Å². The number of anilines is 2. The molecule has 2 aliphatic heterocycles. The van der Waals surface area contributed by atoms with Crippen LogP contribution in [0.4, 0.5) is 11.6 Å². The lowest BCUT2D eigenvalue weighted by Crippen LogP contribution is -2.57. The minimum absolute atomic E-state index is 0.154. The van der Waals surface area contributed by atoms with E-state index in [4.69, 9.17) is 36.2 Å². The molecule has 0 bridgehead atoms. The van der Waals surface area contributed by atoms with Gasteiger partial charge < -0.3 is 41.6 Å². The molecule has 2 aliphatic rings. The van der Waals surface area contributed by atoms with Crippen LogP contribution in [0.15, 0.2) is 70.5 Å². The van der Waals surface area contributed by atoms with E-state index in [1.54, 1.807) is 39.2 Å². The average molecular weight is 804 g/mol. The number of pyridine rings is 1. The van der Waals surface area contributed by atoms with Crippen molar-refractivity contribution in [1.82, 2.24) is 25.8 Å². The molecule has 0 radical (unpaired) electrons. The summed E-state index contributed by atoms with van der Waals surface area (Å²) in [5.41, 5.74) is 11.8. The van der Waals surface area contributed by atoms with Crippen LogP contribution in [-0.2, 0) is 41.5 Å². The van der Waals surface area contributed by atoms with Crippen molar-refractivity contribution in [2.45, 2.75) is 60.2 Å². The van der Waals surface area contributed by atoms with Gasteiger partial charge in [-0.15, -0.1) is 0 Å². The first-order valence-corrected chi connectivity index (χ1v) is 19.2. The number of morpholine rings is 1. The Kier molecular flexibility index (Phi) is 16.3. The summed E-state index contributed by atoms with van der Waals surface area (Å²) >= 11 is 1.78. The van der Waals surface area contributed by atoms with Crippen LogP contribution in [0.2, 0.25) is 0 Å². The van der Waals surface area contributed by atoms with E-state index in [2.05, 4.69) is 20.9 Å². The van der Waals surface area contributed by atoms with Gasteiger partial charge >= 0.3 is 0 Å². The number of nitrogens with zero attached hydrogens (tertiary/aromatic N) is 4. The van der Waals surface area contributed by atoms with Gasteiger partial charge in [0.1, 0.15) is 45.9 Å². The highest BCUT2D eigenvalue weighted by molar-refractivity contribution is 8.04. The highest BCUT2D eigenvalue weighted by atomic mass is 32.2. The van der Waals surface area contributed by atoms with Crippen LogP contribution in [0.1, 0.15) is 25.0 Å². The first-order valence-electron chi connectivity index (χ1n) is 17.6. The van der Waals surface area contributed by atoms with Gasteiger partial charge in [0.15, 0.2) is 5.78 Å². The van der Waals surface area contributed by atoms with Gasteiger partial charge in [0.2, 0.25) is 17.7 Å². The first-order chi connectivity index (χ1) is 26.8. The highest BCUT2D eigenvalue weighted by Gasteiger charge is 2.50. The molecule has 0 unspecified atom stereocenters. The molecule has 7 N–H and O–H groups in total. The van der Waals surface area contributed by atoms with Crippen molar-refractivity contribution in [3.05, 3.63) is 71.8 Å². The van der Waals surface area contributed by atoms with E-state index in [1.807, 2.05) is 58.2 Å². The number of ketones is 1. The van der Waals surface area contributed by atoms with Gasteiger partial charge in [-0.3, -0.25) is 24.1 Å². The number of amides is 3. The monoisotopic (exact) mass is 803 g/mol. The number of nitriles is 2. The third kappa shape index (κ3) is 13.1. The fourth-order valence-corrected chi connectivity index (χ4v) is 6.46. The van der Waals surface area contributed by atoms with Gasteiger partial charge in [-0.1, -0.05) is 42.5 Å². The third-order valence-electron chi connectivity index (χ3n) is 8.81. The van der Waals surface area contributed by atoms with Gasteiger partial charge in [-0.25, -0.2) is 4.98 Å². The number of benzene rings is 2. The summed E-state index contributed by atoms with van der Waals surface area (Å²) in [5, 5.41) is 29.1. The molecule has 1 aromatic heterocycles. The minimum Gasteiger partial charge on any atom is -0.497 e. The molecule has 0 aliphatic carbocycles. The summed E-state index contributed by atoms with van der Waals surface area (Å²) < 4.78 is 15.9. The molecule has 3 heterocycles. The zero-order valence-corrected chi connectivity index (χ0v) is 32.9. The number of methoxy groups -OCH3 is 1. The van der Waals surface area contributed by atoms with E-state index >= 15 is 0 Å². The lowest BCUT2D eigenvalue weighted by Gasteiger charge is -2.27. The summed E-state index contributed by atoms with van der Waals surface area (Å²) in [7, 11) is 1.56. The molecule has 3 amide bonds. The predicted molar refractivity (Wildman–Crippen MR) is 211 cm³/mol. The zero-order valence-electron chi connectivity index (χ0n) is 31.3. The highest BCUT2D eigenvalue weighted by Crippen LogP contribution is 2.31. The van der Waals surface area contributed by atoms with Gasteiger partial charge in [-0.05, 0) is 73.1 Å². The topological polar surface area (TPSA) is 251 Å². The van der Waals surface area contributed by atoms with Gasteiger partial charge in [0.25, 0.3) is 0 Å². The molecular weight excluding hydrogens is 759 g/mol. The number of thiocyanates is 2. The number of carbonyl (C=O) groups excluding carboxylic acids is 4. The average Bonchev–Trinajstić information content (AvgIpc) is 3.95. The molecular formula is C38H45N9O7S2. The molecule has 3 aromatic rings. The third-order valence-corrected chi connectivity index (χ3v) is 10.1. The molecule has 0 saturated carbocycles. The van der Waals surface area contributed by atoms with Crippen molar-refractivity contribution in [3.8, 4) is 16.6 Å². The lowest BCUT2D eigenvalue weighted by atomic mass is 9.94. The number of rotatable bonds is 16. The van der Waals surface area contributed by atoms with Crippen molar-refractivity contribution in [3.63, 3.8) is 0 Å². The number of Topliss-reactive ketones (excluding diaryl/α,β-unsaturated/α-hetero) is 1. The van der Waals surface area contributed by atoms with Crippen LogP contribution in [0, 0.1) is 21.3 Å². The molecule has 18 heteroatoms. The summed E-state index contributed by atoms with van der Waals surface area (Å²) in [6.07, 6.45) is 0.442. The number of hydrogen-bond acceptors (Lipinski definition) is 15. The molecule has 56 heavy (non-hydrogen) atoms. The van der Waals surface area contributed by atoms with Crippen LogP contribution >= 0.6 is 23.5 Å². The van der Waals surface area contributed by atoms with E-state index in [9.17, 15) is 19.2 Å². The number of thioether (sulfide) groups is 2. The van der Waals surface area contributed by atoms with Crippen molar-refractivity contribution in [2.75, 3.05) is 58.0 Å². The Morgan fingerprint density at radius 3 is 2.00 bits per heavy atom. The van der Waals surface area contributed by atoms with Crippen LogP contribution in [0.25, 0.3) is 0 Å². The standard InChI is InChI=1S/C31H40N4O7.C7H5N5S2/c1-21(32-27(36)19-35-13-15-41-16-14-35)29(38)34-26(18-23-9-11-24(40-3)12-10-23)30(39)33-25(28(37)31(2)20-42-31)17-22-7-5-4-6-8-22;8-2-13-4-1-5(14-3-9)7(11)12-6(4)10/h4-12,21,25-26H,13-20H2,1-3H3,(H,32,36)(H,33,39)(H,34,38);1H,(H4,10,11,12)/t21-,25-,26-,31+;/m0./s1. The summed E-state index contributed by atoms with van der Waals surface area (Å²) in [6.45, 7) is 6.13. The predicted octanol–water partition coefficient (Wildman–Crippen LogP) is 2.04. The van der Waals surface area contributed by atoms with Crippen LogP contribution < -0.4 is 32.2 Å². The van der Waals surface area contributed by atoms with Crippen molar-refractivity contribution in [2.24, 2.45) is 0 Å². The Morgan fingerprint density at radius 2 is 1.45 bits per heavy atom. The largest absolute Gasteiger partial charge is 0.497 e. The fraction of sp³-hybridized carbons (Fsp3) is 0.395. The zero-order chi connectivity index (χ0) is 40.7.